The molecule has 0 spiro atoms. The second-order valence-electron chi connectivity index (χ2n) is 7.21. The van der Waals surface area contributed by atoms with Crippen molar-refractivity contribution >= 4 is 41.1 Å². The van der Waals surface area contributed by atoms with Crippen molar-refractivity contribution in [3.05, 3.63) is 66.4 Å². The van der Waals surface area contributed by atoms with Crippen molar-refractivity contribution in [2.45, 2.75) is 25.8 Å². The summed E-state index contributed by atoms with van der Waals surface area (Å²) in [4.78, 5) is 19.5. The molecule has 2 aromatic carbocycles. The number of nitrogens with zero attached hydrogens (tertiary/aromatic N) is 3. The number of aromatic nitrogens is 1. The summed E-state index contributed by atoms with van der Waals surface area (Å²) in [6, 6.07) is 18.0. The third kappa shape index (κ3) is 3.92. The maximum absolute atomic E-state index is 12.5. The first-order valence-electron chi connectivity index (χ1n) is 9.56. The van der Waals surface area contributed by atoms with Gasteiger partial charge in [-0.25, -0.2) is 9.78 Å². The molecular weight excluding hydrogens is 368 g/mol. The number of carbonyl (C=O) groups excluding carboxylic acids is 1. The lowest BCUT2D eigenvalue weighted by Gasteiger charge is -2.36. The highest BCUT2D eigenvalue weighted by Gasteiger charge is 2.27. The van der Waals surface area contributed by atoms with Gasteiger partial charge in [0.2, 0.25) is 0 Å². The van der Waals surface area contributed by atoms with Crippen LogP contribution in [0, 0.1) is 6.92 Å². The van der Waals surface area contributed by atoms with E-state index in [0.717, 1.165) is 43.0 Å². The van der Waals surface area contributed by atoms with Gasteiger partial charge < -0.3 is 10.2 Å². The Hall–Kier alpha value is -2.73. The van der Waals surface area contributed by atoms with E-state index in [1.54, 1.807) is 0 Å². The average molecular weight is 393 g/mol. The highest BCUT2D eigenvalue weighted by atomic mass is 32.1. The number of rotatable bonds is 3. The van der Waals surface area contributed by atoms with Crippen LogP contribution in [0.2, 0.25) is 0 Å². The van der Waals surface area contributed by atoms with Crippen LogP contribution >= 0.6 is 12.8 Å². The standard InChI is InChI=1S/C22H24N4OS/c1-16-6-8-18(9-7-16)24-22(27)26(28)19-11-14-25(15-12-19)21-20-5-3-2-4-17(20)10-13-23-21/h2-10,13,19,28H,11-12,14-15H2,1H3,(H,24,27). The number of urea groups is 1. The van der Waals surface area contributed by atoms with E-state index < -0.39 is 0 Å². The van der Waals surface area contributed by atoms with Gasteiger partial charge in [-0.3, -0.25) is 4.31 Å². The van der Waals surface area contributed by atoms with E-state index in [2.05, 4.69) is 40.1 Å². The molecule has 1 aliphatic rings. The van der Waals surface area contributed by atoms with Gasteiger partial charge in [0, 0.05) is 36.4 Å². The molecule has 1 N–H and O–H groups in total. The predicted octanol–water partition coefficient (Wildman–Crippen LogP) is 4.89. The smallest absolute Gasteiger partial charge is 0.331 e. The predicted molar refractivity (Wildman–Crippen MR) is 118 cm³/mol. The van der Waals surface area contributed by atoms with Gasteiger partial charge in [0.15, 0.2) is 0 Å². The summed E-state index contributed by atoms with van der Waals surface area (Å²) in [6.45, 7) is 3.72. The molecule has 0 aliphatic carbocycles. The van der Waals surface area contributed by atoms with E-state index >= 15 is 0 Å². The van der Waals surface area contributed by atoms with Crippen LogP contribution in [0.4, 0.5) is 16.3 Å². The number of hydrogen-bond acceptors (Lipinski definition) is 4. The van der Waals surface area contributed by atoms with E-state index in [0.29, 0.717) is 0 Å². The highest BCUT2D eigenvalue weighted by Crippen LogP contribution is 2.28. The van der Waals surface area contributed by atoms with E-state index in [-0.39, 0.29) is 12.1 Å². The summed E-state index contributed by atoms with van der Waals surface area (Å²) in [5, 5.41) is 5.28. The van der Waals surface area contributed by atoms with Crippen molar-refractivity contribution in [3.63, 3.8) is 0 Å². The normalized spacial score (nSPS) is 14.9. The van der Waals surface area contributed by atoms with E-state index in [1.165, 1.54) is 15.1 Å². The third-order valence-electron chi connectivity index (χ3n) is 5.27. The Morgan fingerprint density at radius 1 is 1.11 bits per heavy atom. The molecule has 0 radical (unpaired) electrons. The molecular formula is C22H24N4OS. The summed E-state index contributed by atoms with van der Waals surface area (Å²) < 4.78 is 1.54. The topological polar surface area (TPSA) is 48.5 Å². The first-order valence-corrected chi connectivity index (χ1v) is 9.96. The van der Waals surface area contributed by atoms with Gasteiger partial charge in [0.25, 0.3) is 0 Å². The van der Waals surface area contributed by atoms with Crippen LogP contribution in [-0.4, -0.2) is 34.5 Å². The number of pyridine rings is 1. The first kappa shape index (κ1) is 18.6. The Morgan fingerprint density at radius 2 is 1.82 bits per heavy atom. The second-order valence-corrected chi connectivity index (χ2v) is 7.65. The molecule has 1 aliphatic heterocycles. The summed E-state index contributed by atoms with van der Waals surface area (Å²) >= 11 is 4.48. The van der Waals surface area contributed by atoms with Crippen LogP contribution in [0.3, 0.4) is 0 Å². The summed E-state index contributed by atoms with van der Waals surface area (Å²) in [6.07, 6.45) is 3.58. The number of anilines is 2. The quantitative estimate of drug-likeness (QED) is 0.624. The fraction of sp³-hybridized carbons (Fsp3) is 0.273. The summed E-state index contributed by atoms with van der Waals surface area (Å²) in [5.74, 6) is 1.02. The van der Waals surface area contributed by atoms with Crippen LogP contribution in [0.15, 0.2) is 60.8 Å². The largest absolute Gasteiger partial charge is 0.356 e. The minimum Gasteiger partial charge on any atom is -0.356 e. The molecule has 2 amide bonds. The number of amides is 2. The molecule has 6 heteroatoms. The van der Waals surface area contributed by atoms with Gasteiger partial charge in [0.05, 0.1) is 0 Å². The van der Waals surface area contributed by atoms with Crippen molar-refractivity contribution in [2.24, 2.45) is 0 Å². The monoisotopic (exact) mass is 392 g/mol. The first-order chi connectivity index (χ1) is 13.6. The Labute approximate surface area is 170 Å². The fourth-order valence-electron chi connectivity index (χ4n) is 3.66. The van der Waals surface area contributed by atoms with E-state index in [4.69, 9.17) is 0 Å². The highest BCUT2D eigenvalue weighted by molar-refractivity contribution is 7.78. The van der Waals surface area contributed by atoms with Crippen LogP contribution < -0.4 is 10.2 Å². The maximum atomic E-state index is 12.5. The SMILES string of the molecule is Cc1ccc(NC(=O)N(S)C2CCN(c3nccc4ccccc34)CC2)cc1. The Balaban J connectivity index is 1.39. The minimum absolute atomic E-state index is 0.0972. The van der Waals surface area contributed by atoms with Crippen molar-refractivity contribution in [1.29, 1.82) is 0 Å². The molecule has 1 aromatic heterocycles. The zero-order chi connectivity index (χ0) is 19.5. The molecule has 0 bridgehead atoms. The van der Waals surface area contributed by atoms with Gasteiger partial charge in [-0.15, -0.1) is 0 Å². The van der Waals surface area contributed by atoms with E-state index in [1.807, 2.05) is 55.6 Å². The van der Waals surface area contributed by atoms with Crippen LogP contribution in [-0.2, 0) is 0 Å². The van der Waals surface area contributed by atoms with Gasteiger partial charge >= 0.3 is 6.03 Å². The molecule has 5 nitrogen and oxygen atoms in total. The van der Waals surface area contributed by atoms with Gasteiger partial charge in [-0.1, -0.05) is 54.8 Å². The molecule has 144 valence electrons. The van der Waals surface area contributed by atoms with Gasteiger partial charge in [-0.05, 0) is 43.4 Å². The Bertz CT molecular complexity index is 962. The van der Waals surface area contributed by atoms with Crippen LogP contribution in [0.25, 0.3) is 10.8 Å². The molecule has 1 fully saturated rings. The van der Waals surface area contributed by atoms with Gasteiger partial charge in [-0.2, -0.15) is 0 Å². The number of aryl methyl sites for hydroxylation is 1. The lowest BCUT2D eigenvalue weighted by atomic mass is 10.0. The minimum atomic E-state index is -0.186. The number of piperidine rings is 1. The number of fused-ring (bicyclic) bond motifs is 1. The molecule has 2 heterocycles. The molecule has 28 heavy (non-hydrogen) atoms. The number of nitrogens with one attached hydrogen (secondary N) is 1. The number of hydrogen-bond donors (Lipinski definition) is 2. The van der Waals surface area contributed by atoms with Crippen molar-refractivity contribution < 1.29 is 4.79 Å². The van der Waals surface area contributed by atoms with Crippen molar-refractivity contribution in [2.75, 3.05) is 23.3 Å². The zero-order valence-electron chi connectivity index (χ0n) is 15.9. The summed E-state index contributed by atoms with van der Waals surface area (Å²) in [7, 11) is 0. The molecule has 0 atom stereocenters. The van der Waals surface area contributed by atoms with Gasteiger partial charge in [0.1, 0.15) is 5.82 Å². The Morgan fingerprint density at radius 3 is 2.57 bits per heavy atom. The lowest BCUT2D eigenvalue weighted by Crippen LogP contribution is -2.45. The average Bonchev–Trinajstić information content (AvgIpc) is 2.74. The fourth-order valence-corrected chi connectivity index (χ4v) is 3.94. The van der Waals surface area contributed by atoms with Crippen molar-refractivity contribution in [3.8, 4) is 0 Å². The van der Waals surface area contributed by atoms with Crippen molar-refractivity contribution in [1.82, 2.24) is 9.29 Å². The number of benzene rings is 2. The summed E-state index contributed by atoms with van der Waals surface area (Å²) in [5.41, 5.74) is 1.95. The molecule has 0 unspecified atom stereocenters. The molecule has 1 saturated heterocycles. The zero-order valence-corrected chi connectivity index (χ0v) is 16.8. The Kier molecular flexibility index (Phi) is 5.39. The third-order valence-corrected chi connectivity index (χ3v) is 5.78. The lowest BCUT2D eigenvalue weighted by molar-refractivity contribution is 0.223. The molecule has 4 rings (SSSR count). The van der Waals surface area contributed by atoms with E-state index in [9.17, 15) is 4.79 Å². The number of carbonyl (C=O) groups is 1. The number of thiol groups is 1. The molecule has 0 saturated carbocycles. The van der Waals surface area contributed by atoms with Crippen LogP contribution in [0.5, 0.6) is 0 Å². The maximum Gasteiger partial charge on any atom is 0.331 e. The molecule has 3 aromatic rings. The second kappa shape index (κ2) is 8.10. The van der Waals surface area contributed by atoms with Crippen LogP contribution in [0.1, 0.15) is 18.4 Å².